The summed E-state index contributed by atoms with van der Waals surface area (Å²) in [5.74, 6) is 0.279. The number of carbonyl (C=O) groups excluding carboxylic acids is 1. The second kappa shape index (κ2) is 5.99. The first-order chi connectivity index (χ1) is 10.1. The van der Waals surface area contributed by atoms with E-state index < -0.39 is 5.82 Å². The molecular weight excluding hydrogens is 307 g/mol. The van der Waals surface area contributed by atoms with Crippen LogP contribution in [-0.4, -0.2) is 28.1 Å². The van der Waals surface area contributed by atoms with Crippen molar-refractivity contribution >= 4 is 35.1 Å². The number of carbonyl (C=O) groups is 1. The van der Waals surface area contributed by atoms with Crippen LogP contribution in [0, 0.1) is 12.7 Å². The van der Waals surface area contributed by atoms with Crippen LogP contribution in [0.4, 0.5) is 4.39 Å². The van der Waals surface area contributed by atoms with E-state index in [1.54, 1.807) is 40.1 Å². The summed E-state index contributed by atoms with van der Waals surface area (Å²) in [6, 6.07) is 5.80. The van der Waals surface area contributed by atoms with Crippen molar-refractivity contribution in [1.29, 1.82) is 0 Å². The molecule has 1 aliphatic rings. The Morgan fingerprint density at radius 1 is 1.48 bits per heavy atom. The zero-order chi connectivity index (χ0) is 14.8. The third-order valence-electron chi connectivity index (χ3n) is 3.06. The van der Waals surface area contributed by atoms with Gasteiger partial charge in [-0.05, 0) is 31.2 Å². The molecule has 1 saturated heterocycles. The molecule has 2 heterocycles. The van der Waals surface area contributed by atoms with Gasteiger partial charge in [-0.15, -0.1) is 23.1 Å². The van der Waals surface area contributed by atoms with Crippen LogP contribution in [0.1, 0.15) is 21.1 Å². The summed E-state index contributed by atoms with van der Waals surface area (Å²) in [5.41, 5.74) is 1.23. The average Bonchev–Trinajstić information content (AvgIpc) is 3.08. The Morgan fingerprint density at radius 2 is 2.33 bits per heavy atom. The number of rotatable bonds is 2. The molecule has 0 radical (unpaired) electrons. The van der Waals surface area contributed by atoms with Crippen molar-refractivity contribution in [1.82, 2.24) is 9.88 Å². The average molecular weight is 320 g/mol. The number of benzene rings is 1. The third kappa shape index (κ3) is 3.16. The molecule has 0 unspecified atom stereocenters. The maximum Gasteiger partial charge on any atom is 0.258 e. The van der Waals surface area contributed by atoms with Crippen LogP contribution in [0.25, 0.3) is 6.08 Å². The molecule has 1 aromatic carbocycles. The van der Waals surface area contributed by atoms with Gasteiger partial charge in [0.1, 0.15) is 5.82 Å². The van der Waals surface area contributed by atoms with Gasteiger partial charge in [0.15, 0.2) is 0 Å². The fraction of sp³-hybridized carbons (Fsp3) is 0.200. The van der Waals surface area contributed by atoms with Crippen LogP contribution in [0.3, 0.4) is 0 Å². The van der Waals surface area contributed by atoms with Gasteiger partial charge >= 0.3 is 0 Å². The third-order valence-corrected chi connectivity index (χ3v) is 4.87. The number of aryl methyl sites for hydroxylation is 1. The van der Waals surface area contributed by atoms with Gasteiger partial charge in [0.25, 0.3) is 5.91 Å². The molecule has 6 heteroatoms. The van der Waals surface area contributed by atoms with Crippen molar-refractivity contribution < 1.29 is 9.18 Å². The highest BCUT2D eigenvalue weighted by Crippen LogP contribution is 2.31. The van der Waals surface area contributed by atoms with Gasteiger partial charge in [-0.25, -0.2) is 9.37 Å². The highest BCUT2D eigenvalue weighted by atomic mass is 32.2. The number of hydrogen-bond acceptors (Lipinski definition) is 4. The number of thiazole rings is 1. The quantitative estimate of drug-likeness (QED) is 0.844. The minimum absolute atomic E-state index is 0.169. The Kier molecular flexibility index (Phi) is 4.07. The fourth-order valence-electron chi connectivity index (χ4n) is 2.10. The topological polar surface area (TPSA) is 33.2 Å². The first kappa shape index (κ1) is 14.3. The fourth-order valence-corrected chi connectivity index (χ4v) is 3.69. The second-order valence-electron chi connectivity index (χ2n) is 4.59. The van der Waals surface area contributed by atoms with E-state index in [1.807, 2.05) is 18.4 Å². The van der Waals surface area contributed by atoms with E-state index in [9.17, 15) is 9.18 Å². The van der Waals surface area contributed by atoms with Crippen molar-refractivity contribution in [3.05, 3.63) is 56.8 Å². The van der Waals surface area contributed by atoms with Crippen LogP contribution in [-0.2, 0) is 0 Å². The minimum Gasteiger partial charge on any atom is -0.302 e. The van der Waals surface area contributed by atoms with Crippen LogP contribution in [0.5, 0.6) is 0 Å². The van der Waals surface area contributed by atoms with Crippen molar-refractivity contribution in [2.75, 3.05) is 12.3 Å². The van der Waals surface area contributed by atoms with Gasteiger partial charge in [-0.2, -0.15) is 0 Å². The van der Waals surface area contributed by atoms with Crippen molar-refractivity contribution in [3.63, 3.8) is 0 Å². The zero-order valence-corrected chi connectivity index (χ0v) is 13.0. The Labute approximate surface area is 130 Å². The molecule has 1 aromatic heterocycles. The van der Waals surface area contributed by atoms with E-state index in [0.29, 0.717) is 12.1 Å². The summed E-state index contributed by atoms with van der Waals surface area (Å²) in [5, 5.41) is 3.83. The van der Waals surface area contributed by atoms with E-state index in [-0.39, 0.29) is 5.91 Å². The maximum atomic E-state index is 13.3. The van der Waals surface area contributed by atoms with Crippen LogP contribution < -0.4 is 0 Å². The summed E-state index contributed by atoms with van der Waals surface area (Å²) < 4.78 is 13.3. The maximum absolute atomic E-state index is 13.3. The highest BCUT2D eigenvalue weighted by molar-refractivity contribution is 8.03. The van der Waals surface area contributed by atoms with Crippen molar-refractivity contribution in [3.8, 4) is 0 Å². The van der Waals surface area contributed by atoms with E-state index >= 15 is 0 Å². The normalized spacial score (nSPS) is 16.7. The van der Waals surface area contributed by atoms with E-state index in [1.165, 1.54) is 12.1 Å². The van der Waals surface area contributed by atoms with E-state index in [4.69, 9.17) is 0 Å². The van der Waals surface area contributed by atoms with Crippen LogP contribution in [0.2, 0.25) is 0 Å². The lowest BCUT2D eigenvalue weighted by molar-refractivity contribution is 0.0830. The zero-order valence-electron chi connectivity index (χ0n) is 11.4. The molecule has 0 spiro atoms. The molecule has 1 aliphatic heterocycles. The van der Waals surface area contributed by atoms with Gasteiger partial charge in [0.2, 0.25) is 0 Å². The van der Waals surface area contributed by atoms with Crippen LogP contribution >= 0.6 is 23.1 Å². The predicted molar refractivity (Wildman–Crippen MR) is 84.7 cm³/mol. The molecule has 3 rings (SSSR count). The summed E-state index contributed by atoms with van der Waals surface area (Å²) in [7, 11) is 0. The van der Waals surface area contributed by atoms with Gasteiger partial charge in [0, 0.05) is 23.2 Å². The van der Waals surface area contributed by atoms with E-state index in [2.05, 4.69) is 4.98 Å². The number of halogens is 1. The minimum atomic E-state index is -0.395. The number of amides is 1. The van der Waals surface area contributed by atoms with Crippen molar-refractivity contribution in [2.45, 2.75) is 6.92 Å². The Hall–Kier alpha value is -1.66. The summed E-state index contributed by atoms with van der Waals surface area (Å²) in [6.45, 7) is 2.58. The lowest BCUT2D eigenvalue weighted by Crippen LogP contribution is -2.26. The van der Waals surface area contributed by atoms with E-state index in [0.717, 1.165) is 21.5 Å². The van der Waals surface area contributed by atoms with Crippen LogP contribution in [0.15, 0.2) is 34.7 Å². The number of nitrogens with zero attached hydrogens (tertiary/aromatic N) is 2. The smallest absolute Gasteiger partial charge is 0.258 e. The molecule has 0 saturated carbocycles. The molecule has 2 aromatic rings. The van der Waals surface area contributed by atoms with Gasteiger partial charge in [-0.3, -0.25) is 4.79 Å². The van der Waals surface area contributed by atoms with Crippen molar-refractivity contribution in [2.24, 2.45) is 0 Å². The molecule has 0 atom stereocenters. The van der Waals surface area contributed by atoms with Gasteiger partial charge in [0.05, 0.1) is 15.7 Å². The lowest BCUT2D eigenvalue weighted by atomic mass is 10.2. The molecule has 3 nitrogen and oxygen atoms in total. The van der Waals surface area contributed by atoms with Gasteiger partial charge in [-0.1, -0.05) is 6.07 Å². The molecule has 0 N–H and O–H groups in total. The molecule has 108 valence electrons. The number of hydrogen-bond donors (Lipinski definition) is 0. The van der Waals surface area contributed by atoms with Gasteiger partial charge < -0.3 is 4.90 Å². The molecule has 1 amide bonds. The number of aromatic nitrogens is 1. The molecule has 0 aliphatic carbocycles. The standard InChI is InChI=1S/C15H13FN2OS2/c1-10-17-13(9-21-10)8-14-18(5-6-20-14)15(19)11-3-2-4-12(16)7-11/h2-4,7-9H,5-6H2,1H3/b14-8+. The Balaban J connectivity index is 1.87. The first-order valence-electron chi connectivity index (χ1n) is 6.47. The Morgan fingerprint density at radius 3 is 3.05 bits per heavy atom. The molecule has 0 bridgehead atoms. The summed E-state index contributed by atoms with van der Waals surface area (Å²) in [4.78, 5) is 18.6. The Bertz CT molecular complexity index is 711. The predicted octanol–water partition coefficient (Wildman–Crippen LogP) is 3.78. The second-order valence-corrected chi connectivity index (χ2v) is 6.77. The highest BCUT2D eigenvalue weighted by Gasteiger charge is 2.25. The summed E-state index contributed by atoms with van der Waals surface area (Å²) in [6.07, 6.45) is 1.92. The first-order valence-corrected chi connectivity index (χ1v) is 8.34. The molecular formula is C15H13FN2OS2. The number of thioether (sulfide) groups is 1. The molecule has 21 heavy (non-hydrogen) atoms. The summed E-state index contributed by atoms with van der Waals surface area (Å²) >= 11 is 3.20. The SMILES string of the molecule is Cc1nc(/C=C2/SCCN2C(=O)c2cccc(F)c2)cs1. The monoisotopic (exact) mass is 320 g/mol. The molecule has 1 fully saturated rings. The lowest BCUT2D eigenvalue weighted by Gasteiger charge is -2.16. The largest absolute Gasteiger partial charge is 0.302 e.